The zero-order valence-electron chi connectivity index (χ0n) is 19.1. The molecule has 0 saturated heterocycles. The Hall–Kier alpha value is -2.94. The Kier molecular flexibility index (Phi) is 6.12. The Labute approximate surface area is 180 Å². The quantitative estimate of drug-likeness (QED) is 0.444. The third-order valence-corrected chi connectivity index (χ3v) is 4.40. The van der Waals surface area contributed by atoms with Gasteiger partial charge in [0.1, 0.15) is 28.5 Å². The van der Waals surface area contributed by atoms with Crippen molar-refractivity contribution < 1.29 is 14.2 Å². The van der Waals surface area contributed by atoms with Crippen LogP contribution in [0.4, 0.5) is 0 Å². The molecule has 0 heterocycles. The molecule has 0 N–H and O–H groups in total. The normalized spacial score (nSPS) is 11.8. The molecule has 0 aliphatic heterocycles. The van der Waals surface area contributed by atoms with E-state index >= 15 is 0 Å². The second-order valence-corrected chi connectivity index (χ2v) is 9.36. The van der Waals surface area contributed by atoms with Crippen LogP contribution in [0.3, 0.4) is 0 Å². The highest BCUT2D eigenvalue weighted by atomic mass is 16.5. The summed E-state index contributed by atoms with van der Waals surface area (Å²) >= 11 is 0. The van der Waals surface area contributed by atoms with Crippen molar-refractivity contribution >= 4 is 0 Å². The second kappa shape index (κ2) is 8.43. The zero-order valence-corrected chi connectivity index (χ0v) is 19.1. The van der Waals surface area contributed by atoms with Gasteiger partial charge in [-0.2, -0.15) is 0 Å². The van der Waals surface area contributed by atoms with E-state index in [0.29, 0.717) is 0 Å². The van der Waals surface area contributed by atoms with Gasteiger partial charge < -0.3 is 14.2 Å². The molecule has 3 heteroatoms. The Morgan fingerprint density at radius 1 is 0.567 bits per heavy atom. The number of benzene rings is 3. The summed E-state index contributed by atoms with van der Waals surface area (Å²) < 4.78 is 17.6. The highest BCUT2D eigenvalue weighted by Crippen LogP contribution is 2.40. The van der Waals surface area contributed by atoms with E-state index in [1.165, 1.54) is 0 Å². The van der Waals surface area contributed by atoms with Crippen LogP contribution < -0.4 is 14.2 Å². The van der Waals surface area contributed by atoms with E-state index in [4.69, 9.17) is 14.2 Å². The first kappa shape index (κ1) is 21.8. The van der Waals surface area contributed by atoms with Crippen molar-refractivity contribution in [2.75, 3.05) is 7.11 Å². The maximum atomic E-state index is 5.97. The van der Waals surface area contributed by atoms with Crippen LogP contribution in [0, 0.1) is 0 Å². The van der Waals surface area contributed by atoms with Crippen molar-refractivity contribution in [3.8, 4) is 39.5 Å². The smallest absolute Gasteiger partial charge is 0.127 e. The molecule has 0 radical (unpaired) electrons. The first-order chi connectivity index (χ1) is 14.1. The van der Waals surface area contributed by atoms with Gasteiger partial charge in [-0.1, -0.05) is 36.4 Å². The Bertz CT molecular complexity index is 973. The average Bonchev–Trinajstić information content (AvgIpc) is 2.66. The first-order valence-corrected chi connectivity index (χ1v) is 10.3. The van der Waals surface area contributed by atoms with E-state index in [1.54, 1.807) is 7.11 Å². The van der Waals surface area contributed by atoms with Gasteiger partial charge in [-0.3, -0.25) is 0 Å². The molecule has 3 aromatic rings. The van der Waals surface area contributed by atoms with Gasteiger partial charge in [0.25, 0.3) is 0 Å². The molecular formula is C27H32O3. The fourth-order valence-corrected chi connectivity index (χ4v) is 3.34. The monoisotopic (exact) mass is 404 g/mol. The number of ether oxygens (including phenoxy) is 3. The van der Waals surface area contributed by atoms with Crippen molar-refractivity contribution in [1.29, 1.82) is 0 Å². The van der Waals surface area contributed by atoms with Gasteiger partial charge in [-0.25, -0.2) is 0 Å². The molecule has 0 fully saturated rings. The summed E-state index contributed by atoms with van der Waals surface area (Å²) in [6, 6.07) is 22.6. The fraction of sp³-hybridized carbons (Fsp3) is 0.333. The van der Waals surface area contributed by atoms with Crippen molar-refractivity contribution in [2.45, 2.75) is 52.7 Å². The average molecular weight is 405 g/mol. The predicted molar refractivity (Wildman–Crippen MR) is 125 cm³/mol. The summed E-state index contributed by atoms with van der Waals surface area (Å²) in [5, 5.41) is 0. The van der Waals surface area contributed by atoms with Crippen LogP contribution in [-0.2, 0) is 0 Å². The molecule has 0 aromatic heterocycles. The van der Waals surface area contributed by atoms with Crippen LogP contribution in [0.25, 0.3) is 22.3 Å². The summed E-state index contributed by atoms with van der Waals surface area (Å²) in [6.07, 6.45) is 0. The summed E-state index contributed by atoms with van der Waals surface area (Å²) in [5.41, 5.74) is 3.92. The first-order valence-electron chi connectivity index (χ1n) is 10.3. The lowest BCUT2D eigenvalue weighted by molar-refractivity contribution is 0.130. The Morgan fingerprint density at radius 3 is 1.47 bits per heavy atom. The maximum absolute atomic E-state index is 5.97. The molecule has 30 heavy (non-hydrogen) atoms. The third kappa shape index (κ3) is 5.56. The molecule has 3 aromatic carbocycles. The molecular weight excluding hydrogens is 372 g/mol. The van der Waals surface area contributed by atoms with Crippen LogP contribution in [0.1, 0.15) is 41.5 Å². The van der Waals surface area contributed by atoms with Gasteiger partial charge >= 0.3 is 0 Å². The van der Waals surface area contributed by atoms with Gasteiger partial charge in [0, 0.05) is 5.56 Å². The molecule has 0 atom stereocenters. The molecule has 0 aliphatic rings. The Balaban J connectivity index is 2.00. The molecule has 0 spiro atoms. The number of hydrogen-bond acceptors (Lipinski definition) is 3. The lowest BCUT2D eigenvalue weighted by Crippen LogP contribution is -2.22. The summed E-state index contributed by atoms with van der Waals surface area (Å²) in [7, 11) is 1.71. The lowest BCUT2D eigenvalue weighted by atomic mass is 9.93. The molecule has 3 rings (SSSR count). The standard InChI is InChI=1S/C27H32O3/c1-26(2,3)29-21-15-11-19(12-16-21)23-9-8-10-24(28-7)25(23)20-13-17-22(18-14-20)30-27(4,5)6/h8-18H,1-7H3. The van der Waals surface area contributed by atoms with E-state index in [2.05, 4.69) is 30.3 Å². The van der Waals surface area contributed by atoms with Crippen molar-refractivity contribution in [3.63, 3.8) is 0 Å². The molecule has 0 bridgehead atoms. The SMILES string of the molecule is COc1cccc(-c2ccc(OC(C)(C)C)cc2)c1-c1ccc(OC(C)(C)C)cc1. The zero-order chi connectivity index (χ0) is 21.9. The fourth-order valence-electron chi connectivity index (χ4n) is 3.34. The predicted octanol–water partition coefficient (Wildman–Crippen LogP) is 7.38. The van der Waals surface area contributed by atoms with E-state index in [0.717, 1.165) is 39.5 Å². The summed E-state index contributed by atoms with van der Waals surface area (Å²) in [4.78, 5) is 0. The second-order valence-electron chi connectivity index (χ2n) is 9.36. The van der Waals surface area contributed by atoms with Crippen molar-refractivity contribution in [2.24, 2.45) is 0 Å². The van der Waals surface area contributed by atoms with Crippen LogP contribution in [0.15, 0.2) is 66.7 Å². The summed E-state index contributed by atoms with van der Waals surface area (Å²) in [6.45, 7) is 12.3. The van der Waals surface area contributed by atoms with E-state index in [1.807, 2.05) is 77.9 Å². The van der Waals surface area contributed by atoms with Crippen LogP contribution >= 0.6 is 0 Å². The molecule has 3 nitrogen and oxygen atoms in total. The van der Waals surface area contributed by atoms with E-state index in [9.17, 15) is 0 Å². The molecule has 158 valence electrons. The van der Waals surface area contributed by atoms with Gasteiger partial charge in [0.05, 0.1) is 7.11 Å². The highest BCUT2D eigenvalue weighted by Gasteiger charge is 2.16. The van der Waals surface area contributed by atoms with Gasteiger partial charge in [-0.05, 0) is 88.6 Å². The lowest BCUT2D eigenvalue weighted by Gasteiger charge is -2.22. The molecule has 0 saturated carbocycles. The summed E-state index contributed by atoms with van der Waals surface area (Å²) in [5.74, 6) is 2.55. The third-order valence-electron chi connectivity index (χ3n) is 4.40. The maximum Gasteiger partial charge on any atom is 0.127 e. The van der Waals surface area contributed by atoms with Crippen LogP contribution in [0.5, 0.6) is 17.2 Å². The topological polar surface area (TPSA) is 27.7 Å². The van der Waals surface area contributed by atoms with Gasteiger partial charge in [0.15, 0.2) is 0 Å². The van der Waals surface area contributed by atoms with Crippen molar-refractivity contribution in [1.82, 2.24) is 0 Å². The van der Waals surface area contributed by atoms with Gasteiger partial charge in [0.2, 0.25) is 0 Å². The number of hydrogen-bond donors (Lipinski definition) is 0. The largest absolute Gasteiger partial charge is 0.496 e. The minimum Gasteiger partial charge on any atom is -0.496 e. The molecule has 0 amide bonds. The van der Waals surface area contributed by atoms with E-state index < -0.39 is 0 Å². The molecule has 0 aliphatic carbocycles. The van der Waals surface area contributed by atoms with E-state index in [-0.39, 0.29) is 11.2 Å². The van der Waals surface area contributed by atoms with Crippen LogP contribution in [-0.4, -0.2) is 18.3 Å². The highest BCUT2D eigenvalue weighted by molar-refractivity contribution is 5.87. The minimum atomic E-state index is -0.228. The Morgan fingerprint density at radius 2 is 1.03 bits per heavy atom. The van der Waals surface area contributed by atoms with Gasteiger partial charge in [-0.15, -0.1) is 0 Å². The minimum absolute atomic E-state index is 0.223. The van der Waals surface area contributed by atoms with Crippen molar-refractivity contribution in [3.05, 3.63) is 66.7 Å². The van der Waals surface area contributed by atoms with Crippen LogP contribution in [0.2, 0.25) is 0 Å². The number of methoxy groups -OCH3 is 1. The number of rotatable bonds is 5. The molecule has 0 unspecified atom stereocenters.